The second kappa shape index (κ2) is 15.0. The fourth-order valence-corrected chi connectivity index (χ4v) is 5.32. The molecule has 0 heterocycles. The first-order chi connectivity index (χ1) is 18.9. The van der Waals surface area contributed by atoms with E-state index in [-0.39, 0.29) is 5.78 Å². The largest absolute Gasteiger partial charge is 0.370 e. The average molecular weight is 532 g/mol. The Hall–Kier alpha value is -2.96. The second-order valence-corrected chi connectivity index (χ2v) is 10.1. The molecule has 1 aliphatic carbocycles. The van der Waals surface area contributed by atoms with E-state index in [0.29, 0.717) is 5.71 Å². The molecule has 0 N–H and O–H groups in total. The summed E-state index contributed by atoms with van der Waals surface area (Å²) in [6.07, 6.45) is 5.69. The van der Waals surface area contributed by atoms with E-state index in [0.717, 1.165) is 87.8 Å². The van der Waals surface area contributed by atoms with Crippen molar-refractivity contribution in [3.63, 3.8) is 0 Å². The van der Waals surface area contributed by atoms with E-state index in [1.54, 1.807) is 6.08 Å². The molecule has 39 heavy (non-hydrogen) atoms. The van der Waals surface area contributed by atoms with Gasteiger partial charge in [-0.2, -0.15) is 0 Å². The van der Waals surface area contributed by atoms with Crippen molar-refractivity contribution in [1.29, 1.82) is 0 Å². The van der Waals surface area contributed by atoms with Gasteiger partial charge in [0.2, 0.25) is 5.78 Å². The van der Waals surface area contributed by atoms with Crippen molar-refractivity contribution in [2.45, 2.75) is 48.5 Å². The van der Waals surface area contributed by atoms with E-state index in [2.05, 4.69) is 98.4 Å². The van der Waals surface area contributed by atoms with Crippen molar-refractivity contribution in [2.75, 3.05) is 70.3 Å². The number of fused-ring (bicyclic) bond motifs is 1. The maximum Gasteiger partial charge on any atom is 0.206 e. The number of aliphatic imine (C=N–C) groups is 1. The Balaban J connectivity index is 1.90. The van der Waals surface area contributed by atoms with Crippen LogP contribution in [-0.4, -0.2) is 91.6 Å². The van der Waals surface area contributed by atoms with Gasteiger partial charge in [-0.15, -0.1) is 0 Å². The van der Waals surface area contributed by atoms with Crippen molar-refractivity contribution in [3.8, 4) is 0 Å². The van der Waals surface area contributed by atoms with E-state index >= 15 is 0 Å². The van der Waals surface area contributed by atoms with E-state index < -0.39 is 0 Å². The molecule has 2 aromatic rings. The topological polar surface area (TPSA) is 42.4 Å². The van der Waals surface area contributed by atoms with Crippen LogP contribution in [0.1, 0.15) is 47.1 Å². The average Bonchev–Trinajstić information content (AvgIpc) is 2.96. The number of benzene rings is 2. The molecule has 0 bridgehead atoms. The minimum absolute atomic E-state index is 0.0317. The van der Waals surface area contributed by atoms with Crippen molar-refractivity contribution in [1.82, 2.24) is 14.7 Å². The number of hydrogen-bond donors (Lipinski definition) is 0. The van der Waals surface area contributed by atoms with Gasteiger partial charge in [0, 0.05) is 67.5 Å². The molecule has 0 spiro atoms. The first kappa shape index (κ1) is 30.6. The molecular weight excluding hydrogens is 482 g/mol. The first-order valence-electron chi connectivity index (χ1n) is 14.9. The van der Waals surface area contributed by atoms with Crippen LogP contribution in [0, 0.1) is 6.92 Å². The lowest BCUT2D eigenvalue weighted by molar-refractivity contribution is -0.108. The number of hydrogen-bond acceptors (Lipinski definition) is 6. The second-order valence-electron chi connectivity index (χ2n) is 10.1. The zero-order valence-corrected chi connectivity index (χ0v) is 25.3. The molecular formula is C33H49N5O. The third-order valence-corrected chi connectivity index (χ3v) is 7.99. The molecule has 0 aromatic heterocycles. The van der Waals surface area contributed by atoms with Crippen molar-refractivity contribution < 1.29 is 4.79 Å². The number of likely N-dealkylation sites (N-methyl/N-ethyl adjacent to an activating group) is 4. The molecule has 0 radical (unpaired) electrons. The molecule has 6 heteroatoms. The maximum atomic E-state index is 13.2. The van der Waals surface area contributed by atoms with Crippen LogP contribution >= 0.6 is 0 Å². The molecule has 0 saturated carbocycles. The van der Waals surface area contributed by atoms with Gasteiger partial charge in [0.1, 0.15) is 5.71 Å². The van der Waals surface area contributed by atoms with Crippen molar-refractivity contribution >= 4 is 33.6 Å². The number of anilines is 1. The highest BCUT2D eigenvalue weighted by Crippen LogP contribution is 2.37. The molecule has 6 nitrogen and oxygen atoms in total. The summed E-state index contributed by atoms with van der Waals surface area (Å²) in [4.78, 5) is 27.8. The summed E-state index contributed by atoms with van der Waals surface area (Å²) >= 11 is 0. The summed E-state index contributed by atoms with van der Waals surface area (Å²) in [6, 6.07) is 10.7. The van der Waals surface area contributed by atoms with Crippen molar-refractivity contribution in [2.24, 2.45) is 4.99 Å². The Kier molecular flexibility index (Phi) is 11.8. The van der Waals surface area contributed by atoms with Gasteiger partial charge >= 0.3 is 0 Å². The lowest BCUT2D eigenvalue weighted by Crippen LogP contribution is -2.35. The summed E-state index contributed by atoms with van der Waals surface area (Å²) < 4.78 is 0. The molecule has 0 amide bonds. The third-order valence-electron chi connectivity index (χ3n) is 7.99. The van der Waals surface area contributed by atoms with Crippen LogP contribution in [0.4, 0.5) is 11.4 Å². The summed E-state index contributed by atoms with van der Waals surface area (Å²) in [5.41, 5.74) is 4.67. The zero-order valence-electron chi connectivity index (χ0n) is 25.3. The molecule has 3 rings (SSSR count). The smallest absolute Gasteiger partial charge is 0.206 e. The SMILES string of the molecule is CCN(CC)CCN(CC)C1=CC(=O)C(=Nc2c(C)cc(N(CC)CCN(CC)CC)c3ccccc23)C=C1. The summed E-state index contributed by atoms with van der Waals surface area (Å²) in [5, 5.41) is 2.27. The Morgan fingerprint density at radius 2 is 1.26 bits per heavy atom. The summed E-state index contributed by atoms with van der Waals surface area (Å²) in [6.45, 7) is 25.2. The zero-order chi connectivity index (χ0) is 28.4. The maximum absolute atomic E-state index is 13.2. The van der Waals surface area contributed by atoms with Gasteiger partial charge in [0.15, 0.2) is 0 Å². The van der Waals surface area contributed by atoms with Crippen LogP contribution in [0.25, 0.3) is 10.8 Å². The van der Waals surface area contributed by atoms with Gasteiger partial charge in [-0.1, -0.05) is 52.0 Å². The number of carbonyl (C=O) groups is 1. The van der Waals surface area contributed by atoms with E-state index in [4.69, 9.17) is 4.99 Å². The Bertz CT molecular complexity index is 1190. The fourth-order valence-electron chi connectivity index (χ4n) is 5.32. The molecule has 2 aromatic carbocycles. The van der Waals surface area contributed by atoms with Gasteiger partial charge in [-0.05, 0) is 70.7 Å². The van der Waals surface area contributed by atoms with Crippen molar-refractivity contribution in [3.05, 3.63) is 59.8 Å². The lowest BCUT2D eigenvalue weighted by Gasteiger charge is -2.29. The number of allylic oxidation sites excluding steroid dienone is 3. The fraction of sp³-hybridized carbons (Fsp3) is 0.515. The van der Waals surface area contributed by atoms with Gasteiger partial charge in [-0.3, -0.25) is 4.79 Å². The summed E-state index contributed by atoms with van der Waals surface area (Å²) in [5.74, 6) is -0.0317. The Labute approximate surface area is 236 Å². The van der Waals surface area contributed by atoms with Gasteiger partial charge in [0.05, 0.1) is 5.69 Å². The van der Waals surface area contributed by atoms with E-state index in [9.17, 15) is 4.79 Å². The van der Waals surface area contributed by atoms with Gasteiger partial charge in [-0.25, -0.2) is 4.99 Å². The highest BCUT2D eigenvalue weighted by molar-refractivity contribution is 6.49. The highest BCUT2D eigenvalue weighted by atomic mass is 16.1. The number of carbonyl (C=O) groups excluding carboxylic acids is 1. The van der Waals surface area contributed by atoms with Crippen LogP contribution in [-0.2, 0) is 4.79 Å². The van der Waals surface area contributed by atoms with Crippen LogP contribution in [0.2, 0.25) is 0 Å². The summed E-state index contributed by atoms with van der Waals surface area (Å²) in [7, 11) is 0. The van der Waals surface area contributed by atoms with E-state index in [1.165, 1.54) is 11.1 Å². The molecule has 0 saturated heterocycles. The predicted molar refractivity (Wildman–Crippen MR) is 169 cm³/mol. The number of nitrogens with zero attached hydrogens (tertiary/aromatic N) is 5. The molecule has 0 unspecified atom stereocenters. The number of rotatable bonds is 15. The molecule has 0 atom stereocenters. The number of ketones is 1. The monoisotopic (exact) mass is 531 g/mol. The highest BCUT2D eigenvalue weighted by Gasteiger charge is 2.19. The Morgan fingerprint density at radius 3 is 1.79 bits per heavy atom. The first-order valence-corrected chi connectivity index (χ1v) is 14.9. The molecule has 0 aliphatic heterocycles. The molecule has 212 valence electrons. The van der Waals surface area contributed by atoms with Gasteiger partial charge in [0.25, 0.3) is 0 Å². The van der Waals surface area contributed by atoms with Crippen LogP contribution in [0.5, 0.6) is 0 Å². The predicted octanol–water partition coefficient (Wildman–Crippen LogP) is 6.08. The lowest BCUT2D eigenvalue weighted by atomic mass is 10.0. The van der Waals surface area contributed by atoms with Crippen LogP contribution in [0.3, 0.4) is 0 Å². The Morgan fingerprint density at radius 1 is 0.692 bits per heavy atom. The third kappa shape index (κ3) is 7.58. The number of aryl methyl sites for hydroxylation is 1. The quantitative estimate of drug-likeness (QED) is 0.261. The van der Waals surface area contributed by atoms with Crippen LogP contribution in [0.15, 0.2) is 59.2 Å². The van der Waals surface area contributed by atoms with Crippen LogP contribution < -0.4 is 4.90 Å². The molecule has 1 aliphatic rings. The van der Waals surface area contributed by atoms with Gasteiger partial charge < -0.3 is 19.6 Å². The standard InChI is InChI=1S/C33H49N5O/c1-8-35(9-2)20-22-37(12-5)27-18-19-30(32(39)25-27)34-33-26(7)24-31(28-16-14-15-17-29(28)33)38(13-6)23-21-36(10-3)11-4/h14-19,24-25H,8-13,20-23H2,1-7H3. The molecule has 0 fully saturated rings. The minimum Gasteiger partial charge on any atom is -0.370 e. The minimum atomic E-state index is -0.0317. The van der Waals surface area contributed by atoms with E-state index in [1.807, 2.05) is 12.2 Å². The normalized spacial score (nSPS) is 14.6.